The van der Waals surface area contributed by atoms with Crippen molar-refractivity contribution in [3.05, 3.63) is 76.5 Å². The van der Waals surface area contributed by atoms with Crippen molar-refractivity contribution < 1.29 is 18.3 Å². The molecule has 0 radical (unpaired) electrons. The van der Waals surface area contributed by atoms with Crippen molar-refractivity contribution in [1.29, 1.82) is 0 Å². The van der Waals surface area contributed by atoms with E-state index in [9.17, 15) is 13.6 Å². The Bertz CT molecular complexity index is 1300. The van der Waals surface area contributed by atoms with Crippen LogP contribution in [0, 0.1) is 18.6 Å². The summed E-state index contributed by atoms with van der Waals surface area (Å²) >= 11 is 6.23. The van der Waals surface area contributed by atoms with Gasteiger partial charge in [0.15, 0.2) is 11.4 Å². The number of carbonyl (C=O) groups excluding carboxylic acids is 1. The Balaban J connectivity index is 1.66. The smallest absolute Gasteiger partial charge is 0.274 e. The summed E-state index contributed by atoms with van der Waals surface area (Å²) in [5.41, 5.74) is 1.30. The van der Waals surface area contributed by atoms with Gasteiger partial charge < -0.3 is 10.1 Å². The van der Waals surface area contributed by atoms with Gasteiger partial charge in [0, 0.05) is 24.5 Å². The van der Waals surface area contributed by atoms with Gasteiger partial charge in [-0.2, -0.15) is 5.10 Å². The molecule has 1 amide bonds. The third-order valence-corrected chi connectivity index (χ3v) is 5.07. The van der Waals surface area contributed by atoms with Crippen molar-refractivity contribution in [1.82, 2.24) is 19.2 Å². The van der Waals surface area contributed by atoms with Crippen LogP contribution >= 0.6 is 11.6 Å². The first-order valence-corrected chi connectivity index (χ1v) is 10.2. The lowest BCUT2D eigenvalue weighted by Crippen LogP contribution is -2.15. The van der Waals surface area contributed by atoms with Crippen LogP contribution in [0.5, 0.6) is 5.75 Å². The molecule has 1 N–H and O–H groups in total. The van der Waals surface area contributed by atoms with Gasteiger partial charge in [-0.3, -0.25) is 13.9 Å². The largest absolute Gasteiger partial charge is 0.485 e. The number of benzene rings is 1. The van der Waals surface area contributed by atoms with Gasteiger partial charge in [-0.05, 0) is 32.9 Å². The number of nitrogens with one attached hydrogen (secondary N) is 1. The third-order valence-electron chi connectivity index (χ3n) is 4.86. The molecule has 3 heterocycles. The predicted octanol–water partition coefficient (Wildman–Crippen LogP) is 5.18. The second-order valence-corrected chi connectivity index (χ2v) is 7.94. The predicted molar refractivity (Wildman–Crippen MR) is 116 cm³/mol. The molecule has 0 saturated heterocycles. The standard InChI is InChI=1S/C22H20ClF2N5O2/c1-12(2)30-10-15(8-26-30)28-22(31)20-13(3)27-21-19(7-14(23)9-29(20)21)32-11-16-17(24)5-4-6-18(16)25/h4-10,12H,11H2,1-3H3,(H,28,31). The number of aryl methyl sites for hydroxylation is 1. The molecule has 4 aromatic rings. The molecule has 0 atom stereocenters. The summed E-state index contributed by atoms with van der Waals surface area (Å²) in [6, 6.07) is 5.21. The van der Waals surface area contributed by atoms with Crippen molar-refractivity contribution in [3.63, 3.8) is 0 Å². The molecule has 0 aliphatic rings. The highest BCUT2D eigenvalue weighted by Gasteiger charge is 2.21. The first-order valence-electron chi connectivity index (χ1n) is 9.84. The summed E-state index contributed by atoms with van der Waals surface area (Å²) in [4.78, 5) is 17.4. The highest BCUT2D eigenvalue weighted by atomic mass is 35.5. The van der Waals surface area contributed by atoms with Gasteiger partial charge in [0.25, 0.3) is 5.91 Å². The Morgan fingerprint density at radius 3 is 2.62 bits per heavy atom. The van der Waals surface area contributed by atoms with Crippen molar-refractivity contribution in [3.8, 4) is 5.75 Å². The van der Waals surface area contributed by atoms with E-state index in [-0.39, 0.29) is 34.7 Å². The Hall–Kier alpha value is -3.46. The molecular formula is C22H20ClF2N5O2. The molecule has 0 saturated carbocycles. The number of carbonyl (C=O) groups is 1. The molecule has 0 aliphatic heterocycles. The zero-order valence-electron chi connectivity index (χ0n) is 17.6. The Labute approximate surface area is 187 Å². The maximum Gasteiger partial charge on any atom is 0.274 e. The fourth-order valence-corrected chi connectivity index (χ4v) is 3.47. The van der Waals surface area contributed by atoms with E-state index in [1.165, 1.54) is 22.7 Å². The van der Waals surface area contributed by atoms with E-state index >= 15 is 0 Å². The summed E-state index contributed by atoms with van der Waals surface area (Å²) in [6.07, 6.45) is 4.81. The van der Waals surface area contributed by atoms with E-state index in [2.05, 4.69) is 15.4 Å². The summed E-state index contributed by atoms with van der Waals surface area (Å²) in [5.74, 6) is -1.66. The summed E-state index contributed by atoms with van der Waals surface area (Å²) in [7, 11) is 0. The van der Waals surface area contributed by atoms with E-state index in [1.807, 2.05) is 13.8 Å². The van der Waals surface area contributed by atoms with Crippen LogP contribution in [0.15, 0.2) is 42.9 Å². The quantitative estimate of drug-likeness (QED) is 0.431. The summed E-state index contributed by atoms with van der Waals surface area (Å²) in [6.45, 7) is 5.26. The number of nitrogens with zero attached hydrogens (tertiary/aromatic N) is 4. The average molecular weight is 460 g/mol. The first-order chi connectivity index (χ1) is 15.2. The lowest BCUT2D eigenvalue weighted by molar-refractivity contribution is 0.102. The molecule has 0 unspecified atom stereocenters. The maximum absolute atomic E-state index is 14.0. The number of amides is 1. The van der Waals surface area contributed by atoms with E-state index in [0.29, 0.717) is 17.0 Å². The Kier molecular flexibility index (Phi) is 5.84. The van der Waals surface area contributed by atoms with E-state index in [1.54, 1.807) is 24.0 Å². The molecule has 0 aliphatic carbocycles. The molecule has 0 spiro atoms. The topological polar surface area (TPSA) is 73.5 Å². The fourth-order valence-electron chi connectivity index (χ4n) is 3.27. The summed E-state index contributed by atoms with van der Waals surface area (Å²) < 4.78 is 36.8. The lowest BCUT2D eigenvalue weighted by Gasteiger charge is -2.10. The van der Waals surface area contributed by atoms with Gasteiger partial charge >= 0.3 is 0 Å². The van der Waals surface area contributed by atoms with Crippen LogP contribution in [0.3, 0.4) is 0 Å². The van der Waals surface area contributed by atoms with Gasteiger partial charge in [-0.25, -0.2) is 13.8 Å². The van der Waals surface area contributed by atoms with Crippen molar-refractivity contribution in [2.75, 3.05) is 5.32 Å². The number of hydrogen-bond donors (Lipinski definition) is 1. The van der Waals surface area contributed by atoms with Gasteiger partial charge in [0.2, 0.25) is 0 Å². The van der Waals surface area contributed by atoms with Crippen molar-refractivity contribution in [2.45, 2.75) is 33.4 Å². The van der Waals surface area contributed by atoms with Crippen molar-refractivity contribution in [2.24, 2.45) is 0 Å². The number of ether oxygens (including phenoxy) is 1. The van der Waals surface area contributed by atoms with Crippen LogP contribution in [0.2, 0.25) is 5.02 Å². The third kappa shape index (κ3) is 4.16. The van der Waals surface area contributed by atoms with Crippen molar-refractivity contribution >= 4 is 28.8 Å². The number of fused-ring (bicyclic) bond motifs is 1. The number of anilines is 1. The minimum Gasteiger partial charge on any atom is -0.485 e. The van der Waals surface area contributed by atoms with Crippen LogP contribution in [-0.2, 0) is 6.61 Å². The van der Waals surface area contributed by atoms with Gasteiger partial charge in [0.05, 0.1) is 28.2 Å². The second-order valence-electron chi connectivity index (χ2n) is 7.51. The highest BCUT2D eigenvalue weighted by molar-refractivity contribution is 6.30. The van der Waals surface area contributed by atoms with Crippen LogP contribution < -0.4 is 10.1 Å². The zero-order chi connectivity index (χ0) is 23.0. The Morgan fingerprint density at radius 2 is 1.97 bits per heavy atom. The number of imidazole rings is 1. The molecule has 3 aromatic heterocycles. The number of aromatic nitrogens is 4. The minimum absolute atomic E-state index is 0.149. The molecule has 0 fully saturated rings. The van der Waals surface area contributed by atoms with Crippen LogP contribution in [-0.4, -0.2) is 25.1 Å². The monoisotopic (exact) mass is 459 g/mol. The normalized spacial score (nSPS) is 11.3. The Morgan fingerprint density at radius 1 is 1.25 bits per heavy atom. The molecule has 10 heteroatoms. The molecule has 0 bridgehead atoms. The fraction of sp³-hybridized carbons (Fsp3) is 0.227. The van der Waals surface area contributed by atoms with E-state index < -0.39 is 17.5 Å². The molecule has 7 nitrogen and oxygen atoms in total. The minimum atomic E-state index is -0.718. The van der Waals surface area contributed by atoms with Crippen LogP contribution in [0.25, 0.3) is 5.65 Å². The first kappa shape index (κ1) is 21.8. The molecule has 166 valence electrons. The maximum atomic E-state index is 14.0. The highest BCUT2D eigenvalue weighted by Crippen LogP contribution is 2.28. The lowest BCUT2D eigenvalue weighted by atomic mass is 10.2. The van der Waals surface area contributed by atoms with Gasteiger partial charge in [0.1, 0.15) is 23.9 Å². The molecule has 1 aromatic carbocycles. The summed E-state index contributed by atoms with van der Waals surface area (Å²) in [5, 5.41) is 7.27. The van der Waals surface area contributed by atoms with Gasteiger partial charge in [-0.1, -0.05) is 17.7 Å². The SMILES string of the molecule is Cc1nc2c(OCc3c(F)cccc3F)cc(Cl)cn2c1C(=O)Nc1cnn(C(C)C)c1. The number of halogens is 3. The second kappa shape index (κ2) is 8.58. The molecule has 4 rings (SSSR count). The number of pyridine rings is 1. The molecular weight excluding hydrogens is 440 g/mol. The van der Waals surface area contributed by atoms with E-state index in [4.69, 9.17) is 16.3 Å². The molecule has 32 heavy (non-hydrogen) atoms. The average Bonchev–Trinajstić information content (AvgIpc) is 3.31. The van der Waals surface area contributed by atoms with Crippen LogP contribution in [0.4, 0.5) is 14.5 Å². The number of rotatable bonds is 6. The van der Waals surface area contributed by atoms with Gasteiger partial charge in [-0.15, -0.1) is 0 Å². The number of hydrogen-bond acceptors (Lipinski definition) is 4. The van der Waals surface area contributed by atoms with Crippen LogP contribution in [0.1, 0.15) is 41.6 Å². The van der Waals surface area contributed by atoms with E-state index in [0.717, 1.165) is 12.1 Å². The zero-order valence-corrected chi connectivity index (χ0v) is 18.3.